The number of benzene rings is 3. The second kappa shape index (κ2) is 11.9. The molecule has 0 atom stereocenters. The summed E-state index contributed by atoms with van der Waals surface area (Å²) < 4.78 is 16.8. The Morgan fingerprint density at radius 3 is 2.29 bits per heavy atom. The smallest absolute Gasteiger partial charge is 0.310 e. The summed E-state index contributed by atoms with van der Waals surface area (Å²) in [5, 5.41) is 0. The van der Waals surface area contributed by atoms with Gasteiger partial charge < -0.3 is 19.1 Å². The summed E-state index contributed by atoms with van der Waals surface area (Å²) in [5.41, 5.74) is 3.76. The predicted octanol–water partition coefficient (Wildman–Crippen LogP) is 3.40. The van der Waals surface area contributed by atoms with Gasteiger partial charge in [-0.25, -0.2) is 0 Å². The van der Waals surface area contributed by atoms with Gasteiger partial charge in [0.05, 0.1) is 20.1 Å². The quantitative estimate of drug-likeness (QED) is 0.344. The fourth-order valence-electron chi connectivity index (χ4n) is 3.63. The molecule has 7 heteroatoms. The van der Waals surface area contributed by atoms with Gasteiger partial charge in [-0.2, -0.15) is 0 Å². The van der Waals surface area contributed by atoms with Gasteiger partial charge in [-0.3, -0.25) is 9.59 Å². The molecule has 0 saturated carbocycles. The third kappa shape index (κ3) is 6.88. The first-order valence-electron chi connectivity index (χ1n) is 11.3. The van der Waals surface area contributed by atoms with Gasteiger partial charge in [-0.1, -0.05) is 54.0 Å². The van der Waals surface area contributed by atoms with Crippen molar-refractivity contribution in [3.63, 3.8) is 0 Å². The molecule has 0 fully saturated rings. The average Bonchev–Trinajstić information content (AvgIpc) is 2.81. The summed E-state index contributed by atoms with van der Waals surface area (Å²) >= 11 is 0. The molecule has 0 saturated heterocycles. The summed E-state index contributed by atoms with van der Waals surface area (Å²) in [6, 6.07) is 21.1. The van der Waals surface area contributed by atoms with E-state index in [4.69, 9.17) is 14.2 Å². The van der Waals surface area contributed by atoms with Gasteiger partial charge in [-0.15, -0.1) is 0 Å². The van der Waals surface area contributed by atoms with Gasteiger partial charge in [0.1, 0.15) is 13.6 Å². The first kappa shape index (κ1) is 24.9. The third-order valence-corrected chi connectivity index (χ3v) is 5.34. The lowest BCUT2D eigenvalue weighted by atomic mass is 9.93. The van der Waals surface area contributed by atoms with Crippen molar-refractivity contribution in [2.45, 2.75) is 33.4 Å². The van der Waals surface area contributed by atoms with Crippen molar-refractivity contribution in [1.82, 2.24) is 4.90 Å². The number of hydrogen-bond donors (Lipinski definition) is 0. The number of esters is 1. The minimum absolute atomic E-state index is 0.0228. The molecule has 3 aromatic rings. The topological polar surface area (TPSA) is 65.1 Å². The Morgan fingerprint density at radius 2 is 1.62 bits per heavy atom. The molecule has 0 bridgehead atoms. The summed E-state index contributed by atoms with van der Waals surface area (Å²) in [6.07, 6.45) is 0.143. The maximum absolute atomic E-state index is 12.4. The van der Waals surface area contributed by atoms with E-state index in [0.29, 0.717) is 36.9 Å². The van der Waals surface area contributed by atoms with E-state index in [2.05, 4.69) is 0 Å². The molecule has 3 rings (SSSR count). The molecule has 0 aliphatic carbocycles. The van der Waals surface area contributed by atoms with Crippen molar-refractivity contribution in [2.24, 2.45) is 0 Å². The number of nitrogens with zero attached hydrogens (tertiary/aromatic N) is 1. The predicted molar refractivity (Wildman–Crippen MR) is 134 cm³/mol. The Kier molecular flexibility index (Phi) is 8.74. The normalized spacial score (nSPS) is 10.4. The molecule has 0 spiro atoms. The number of carbonyl (C=O) groups excluding carboxylic acids is 2. The standard InChI is InChI=1S/C27H30BNO5/c1-4-33-27(31)15-21-10-12-25(32-3)26(14-21)34-24-13-11-23(28)16-22(24)18-29(19(2)30)17-20-8-6-5-7-9-20/h5-14,16H,4,15,17-18,28H2,1-3H3. The van der Waals surface area contributed by atoms with Crippen LogP contribution in [0, 0.1) is 0 Å². The van der Waals surface area contributed by atoms with E-state index in [1.807, 2.05) is 62.4 Å². The van der Waals surface area contributed by atoms with E-state index in [1.54, 1.807) is 38.0 Å². The van der Waals surface area contributed by atoms with Crippen LogP contribution in [0.2, 0.25) is 0 Å². The van der Waals surface area contributed by atoms with E-state index < -0.39 is 0 Å². The van der Waals surface area contributed by atoms with Crippen LogP contribution in [-0.4, -0.2) is 38.3 Å². The first-order valence-corrected chi connectivity index (χ1v) is 11.3. The van der Waals surface area contributed by atoms with Crippen molar-refractivity contribution in [3.05, 3.63) is 83.4 Å². The fraction of sp³-hybridized carbons (Fsp3) is 0.259. The molecular formula is C27H30BNO5. The molecule has 0 heterocycles. The molecule has 3 aromatic carbocycles. The van der Waals surface area contributed by atoms with Crippen LogP contribution in [0.5, 0.6) is 17.2 Å². The molecular weight excluding hydrogens is 429 g/mol. The molecule has 6 nitrogen and oxygen atoms in total. The zero-order valence-electron chi connectivity index (χ0n) is 20.2. The molecule has 0 unspecified atom stereocenters. The zero-order valence-corrected chi connectivity index (χ0v) is 20.2. The summed E-state index contributed by atoms with van der Waals surface area (Å²) in [6.45, 7) is 4.58. The zero-order chi connectivity index (χ0) is 24.5. The van der Waals surface area contributed by atoms with Crippen LogP contribution < -0.4 is 14.9 Å². The number of amides is 1. The molecule has 0 aromatic heterocycles. The third-order valence-electron chi connectivity index (χ3n) is 5.34. The number of hydrogen-bond acceptors (Lipinski definition) is 5. The Balaban J connectivity index is 1.88. The number of carbonyl (C=O) groups is 2. The van der Waals surface area contributed by atoms with Gasteiger partial charge in [0, 0.05) is 25.6 Å². The van der Waals surface area contributed by atoms with Gasteiger partial charge in [0.15, 0.2) is 11.5 Å². The lowest BCUT2D eigenvalue weighted by Crippen LogP contribution is -2.28. The highest BCUT2D eigenvalue weighted by molar-refractivity contribution is 6.32. The van der Waals surface area contributed by atoms with Crippen LogP contribution in [0.15, 0.2) is 66.7 Å². The van der Waals surface area contributed by atoms with Crippen molar-refractivity contribution >= 4 is 25.2 Å². The second-order valence-corrected chi connectivity index (χ2v) is 8.04. The van der Waals surface area contributed by atoms with Crippen LogP contribution in [0.4, 0.5) is 0 Å². The second-order valence-electron chi connectivity index (χ2n) is 8.04. The average molecular weight is 459 g/mol. The Bertz CT molecular complexity index is 1130. The molecule has 0 N–H and O–H groups in total. The van der Waals surface area contributed by atoms with E-state index >= 15 is 0 Å². The number of rotatable bonds is 10. The van der Waals surface area contributed by atoms with E-state index in [1.165, 1.54) is 0 Å². The van der Waals surface area contributed by atoms with Crippen LogP contribution >= 0.6 is 0 Å². The SMILES string of the molecule is Bc1ccc(Oc2cc(CC(=O)OCC)ccc2OC)c(CN(Cc2ccccc2)C(C)=O)c1. The minimum Gasteiger partial charge on any atom is -0.493 e. The summed E-state index contributed by atoms with van der Waals surface area (Å²) in [5.74, 6) is 1.34. The highest BCUT2D eigenvalue weighted by atomic mass is 16.5. The maximum Gasteiger partial charge on any atom is 0.310 e. The van der Waals surface area contributed by atoms with Crippen LogP contribution in [0.25, 0.3) is 0 Å². The number of methoxy groups -OCH3 is 1. The Hall–Kier alpha value is -3.74. The minimum atomic E-state index is -0.298. The van der Waals surface area contributed by atoms with Gasteiger partial charge >= 0.3 is 5.97 Å². The van der Waals surface area contributed by atoms with Crippen LogP contribution in [0.3, 0.4) is 0 Å². The van der Waals surface area contributed by atoms with Crippen molar-refractivity contribution in [1.29, 1.82) is 0 Å². The lowest BCUT2D eigenvalue weighted by Gasteiger charge is -2.23. The fourth-order valence-corrected chi connectivity index (χ4v) is 3.63. The van der Waals surface area contributed by atoms with E-state index in [0.717, 1.165) is 22.2 Å². The monoisotopic (exact) mass is 459 g/mol. The molecule has 34 heavy (non-hydrogen) atoms. The van der Waals surface area contributed by atoms with Gasteiger partial charge in [-0.05, 0) is 36.2 Å². The van der Waals surface area contributed by atoms with Gasteiger partial charge in [0.2, 0.25) is 5.91 Å². The first-order chi connectivity index (χ1) is 16.4. The largest absolute Gasteiger partial charge is 0.493 e. The van der Waals surface area contributed by atoms with Crippen LogP contribution in [-0.2, 0) is 33.8 Å². The molecule has 1 amide bonds. The van der Waals surface area contributed by atoms with Crippen molar-refractivity contribution < 1.29 is 23.8 Å². The van der Waals surface area contributed by atoms with E-state index in [9.17, 15) is 9.59 Å². The molecule has 0 aliphatic heterocycles. The lowest BCUT2D eigenvalue weighted by molar-refractivity contribution is -0.142. The van der Waals surface area contributed by atoms with Crippen LogP contribution in [0.1, 0.15) is 30.5 Å². The van der Waals surface area contributed by atoms with E-state index in [-0.39, 0.29) is 18.3 Å². The van der Waals surface area contributed by atoms with Crippen molar-refractivity contribution in [2.75, 3.05) is 13.7 Å². The molecule has 0 radical (unpaired) electrons. The Labute approximate surface area is 201 Å². The highest BCUT2D eigenvalue weighted by Crippen LogP contribution is 2.34. The number of ether oxygens (including phenoxy) is 3. The maximum atomic E-state index is 12.4. The molecule has 0 aliphatic rings. The highest BCUT2D eigenvalue weighted by Gasteiger charge is 2.16. The van der Waals surface area contributed by atoms with Crippen molar-refractivity contribution in [3.8, 4) is 17.2 Å². The van der Waals surface area contributed by atoms with Gasteiger partial charge in [0.25, 0.3) is 0 Å². The molecule has 176 valence electrons. The summed E-state index contributed by atoms with van der Waals surface area (Å²) in [7, 11) is 3.57. The Morgan fingerprint density at radius 1 is 0.882 bits per heavy atom. The summed E-state index contributed by atoms with van der Waals surface area (Å²) in [4.78, 5) is 26.1.